The molecule has 0 fully saturated rings. The molecule has 1 aliphatic heterocycles. The van der Waals surface area contributed by atoms with Crippen molar-refractivity contribution in [3.63, 3.8) is 0 Å². The van der Waals surface area contributed by atoms with Gasteiger partial charge in [0, 0.05) is 14.6 Å². The summed E-state index contributed by atoms with van der Waals surface area (Å²) in [5, 5.41) is 5.84. The van der Waals surface area contributed by atoms with Crippen molar-refractivity contribution in [2.45, 2.75) is 20.0 Å². The van der Waals surface area contributed by atoms with E-state index in [0.29, 0.717) is 5.56 Å². The summed E-state index contributed by atoms with van der Waals surface area (Å²) in [6.45, 7) is 4.20. The first-order valence-electron chi connectivity index (χ1n) is 9.97. The van der Waals surface area contributed by atoms with E-state index < -0.39 is 0 Å². The second-order valence-corrected chi connectivity index (χ2v) is 9.02. The molecule has 1 N–H and O–H groups in total. The average Bonchev–Trinajstić information content (AvgIpc) is 2.74. The molecule has 0 saturated heterocycles. The summed E-state index contributed by atoms with van der Waals surface area (Å²) in [6, 6.07) is 26.8. The molecule has 0 aromatic heterocycles. The van der Waals surface area contributed by atoms with Crippen LogP contribution in [-0.4, -0.2) is 5.91 Å². The Morgan fingerprint density at radius 2 is 1.70 bits per heavy atom. The van der Waals surface area contributed by atoms with Crippen LogP contribution >= 0.6 is 22.6 Å². The highest BCUT2D eigenvalue weighted by molar-refractivity contribution is 14.1. The molecule has 4 heteroatoms. The van der Waals surface area contributed by atoms with Crippen LogP contribution in [0.1, 0.15) is 33.2 Å². The summed E-state index contributed by atoms with van der Waals surface area (Å²) in [5.74, 6) is 0.0172. The van der Waals surface area contributed by atoms with Crippen molar-refractivity contribution in [2.24, 2.45) is 0 Å². The number of nitrogens with zero attached hydrogens (tertiary/aromatic N) is 1. The van der Waals surface area contributed by atoms with Crippen molar-refractivity contribution < 1.29 is 4.79 Å². The van der Waals surface area contributed by atoms with Gasteiger partial charge in [0.15, 0.2) is 0 Å². The fraction of sp³-hybridized carbons (Fsp3) is 0.115. The van der Waals surface area contributed by atoms with Crippen LogP contribution in [0.25, 0.3) is 10.8 Å². The van der Waals surface area contributed by atoms with Crippen LogP contribution in [0.5, 0.6) is 0 Å². The van der Waals surface area contributed by atoms with Crippen LogP contribution in [0.15, 0.2) is 78.9 Å². The Labute approximate surface area is 189 Å². The predicted molar refractivity (Wildman–Crippen MR) is 132 cm³/mol. The number of aryl methyl sites for hydroxylation is 2. The molecule has 0 radical (unpaired) electrons. The molecule has 4 aromatic carbocycles. The van der Waals surface area contributed by atoms with Crippen LogP contribution in [0.2, 0.25) is 0 Å². The van der Waals surface area contributed by atoms with Crippen LogP contribution < -0.4 is 10.2 Å². The van der Waals surface area contributed by atoms with Crippen molar-refractivity contribution in [3.05, 3.63) is 105 Å². The van der Waals surface area contributed by atoms with Crippen LogP contribution in [0.3, 0.4) is 0 Å². The Kier molecular flexibility index (Phi) is 4.74. The third-order valence-corrected chi connectivity index (χ3v) is 6.40. The van der Waals surface area contributed by atoms with Crippen molar-refractivity contribution in [2.75, 3.05) is 10.2 Å². The zero-order valence-electron chi connectivity index (χ0n) is 16.8. The van der Waals surface area contributed by atoms with Crippen molar-refractivity contribution in [1.82, 2.24) is 0 Å². The van der Waals surface area contributed by atoms with Gasteiger partial charge in [0.1, 0.15) is 6.17 Å². The lowest BCUT2D eigenvalue weighted by atomic mass is 9.97. The number of carbonyl (C=O) groups excluding carboxylic acids is 1. The lowest BCUT2D eigenvalue weighted by Crippen LogP contribution is -2.43. The Morgan fingerprint density at radius 1 is 0.900 bits per heavy atom. The van der Waals surface area contributed by atoms with Crippen LogP contribution in [-0.2, 0) is 0 Å². The number of amides is 1. The lowest BCUT2D eigenvalue weighted by Gasteiger charge is -2.39. The van der Waals surface area contributed by atoms with E-state index in [0.717, 1.165) is 31.3 Å². The molecule has 4 aromatic rings. The van der Waals surface area contributed by atoms with Gasteiger partial charge < -0.3 is 5.32 Å². The minimum absolute atomic E-state index is 0.0172. The van der Waals surface area contributed by atoms with Crippen molar-refractivity contribution in [1.29, 1.82) is 0 Å². The van der Waals surface area contributed by atoms with E-state index in [2.05, 4.69) is 78.2 Å². The quantitative estimate of drug-likeness (QED) is 0.304. The van der Waals surface area contributed by atoms with E-state index >= 15 is 0 Å². The maximum atomic E-state index is 13.9. The van der Waals surface area contributed by atoms with Crippen molar-refractivity contribution >= 4 is 50.6 Å². The maximum Gasteiger partial charge on any atom is 0.262 e. The molecular weight excluding hydrogens is 483 g/mol. The number of rotatable bonds is 2. The van der Waals surface area contributed by atoms with Gasteiger partial charge in [-0.2, -0.15) is 0 Å². The number of hydrogen-bond acceptors (Lipinski definition) is 2. The van der Waals surface area contributed by atoms with Gasteiger partial charge in [-0.15, -0.1) is 0 Å². The molecule has 1 aliphatic rings. The molecule has 0 bridgehead atoms. The SMILES string of the molecule is Cc1ccc([C@@H]2Nc3ccc(I)cc3C(=O)N2c2cccc3ccccc23)c(C)c1. The third kappa shape index (κ3) is 3.16. The van der Waals surface area contributed by atoms with E-state index in [1.807, 2.05) is 47.4 Å². The first-order chi connectivity index (χ1) is 14.5. The zero-order valence-corrected chi connectivity index (χ0v) is 19.0. The summed E-state index contributed by atoms with van der Waals surface area (Å²) in [7, 11) is 0. The number of hydrogen-bond donors (Lipinski definition) is 1. The molecule has 148 valence electrons. The molecule has 1 heterocycles. The highest BCUT2D eigenvalue weighted by Crippen LogP contribution is 2.40. The maximum absolute atomic E-state index is 13.9. The number of benzene rings is 4. The van der Waals surface area contributed by atoms with Gasteiger partial charge in [-0.05, 0) is 77.2 Å². The third-order valence-electron chi connectivity index (χ3n) is 5.73. The predicted octanol–water partition coefficient (Wildman–Crippen LogP) is 6.83. The van der Waals surface area contributed by atoms with E-state index in [4.69, 9.17) is 0 Å². The van der Waals surface area contributed by atoms with E-state index in [-0.39, 0.29) is 12.1 Å². The highest BCUT2D eigenvalue weighted by atomic mass is 127. The van der Waals surface area contributed by atoms with Gasteiger partial charge in [0.05, 0.1) is 11.3 Å². The van der Waals surface area contributed by atoms with E-state index in [9.17, 15) is 4.79 Å². The average molecular weight is 504 g/mol. The lowest BCUT2D eigenvalue weighted by molar-refractivity contribution is 0.0975. The van der Waals surface area contributed by atoms with E-state index in [1.54, 1.807) is 0 Å². The minimum atomic E-state index is -0.281. The molecule has 30 heavy (non-hydrogen) atoms. The first kappa shape index (κ1) is 19.1. The topological polar surface area (TPSA) is 32.3 Å². The Hall–Kier alpha value is -2.86. The fourth-order valence-electron chi connectivity index (χ4n) is 4.29. The molecule has 0 aliphatic carbocycles. The number of fused-ring (bicyclic) bond motifs is 2. The van der Waals surface area contributed by atoms with Gasteiger partial charge in [0.25, 0.3) is 5.91 Å². The summed E-state index contributed by atoms with van der Waals surface area (Å²) in [6.07, 6.45) is -0.281. The summed E-state index contributed by atoms with van der Waals surface area (Å²) < 4.78 is 1.05. The normalized spacial score (nSPS) is 15.8. The van der Waals surface area contributed by atoms with Gasteiger partial charge in [-0.25, -0.2) is 0 Å². The number of anilines is 2. The molecule has 0 spiro atoms. The second kappa shape index (κ2) is 7.43. The Bertz CT molecular complexity index is 1290. The number of carbonyl (C=O) groups is 1. The van der Waals surface area contributed by atoms with Crippen LogP contribution in [0.4, 0.5) is 11.4 Å². The molecule has 3 nitrogen and oxygen atoms in total. The molecule has 0 saturated carbocycles. The fourth-order valence-corrected chi connectivity index (χ4v) is 4.79. The largest absolute Gasteiger partial charge is 0.360 e. The summed E-state index contributed by atoms with van der Waals surface area (Å²) >= 11 is 2.26. The zero-order chi connectivity index (χ0) is 20.8. The summed E-state index contributed by atoms with van der Waals surface area (Å²) in [5.41, 5.74) is 5.98. The molecule has 5 rings (SSSR count). The smallest absolute Gasteiger partial charge is 0.262 e. The van der Waals surface area contributed by atoms with Crippen LogP contribution in [0, 0.1) is 17.4 Å². The Morgan fingerprint density at radius 3 is 2.53 bits per heavy atom. The number of nitrogens with one attached hydrogen (secondary N) is 1. The first-order valence-corrected chi connectivity index (χ1v) is 11.1. The van der Waals surface area contributed by atoms with Gasteiger partial charge in [-0.3, -0.25) is 9.69 Å². The summed E-state index contributed by atoms with van der Waals surface area (Å²) in [4.78, 5) is 15.8. The highest BCUT2D eigenvalue weighted by Gasteiger charge is 2.35. The molecule has 1 amide bonds. The second-order valence-electron chi connectivity index (χ2n) is 7.77. The van der Waals surface area contributed by atoms with E-state index in [1.165, 1.54) is 11.1 Å². The molecule has 1 atom stereocenters. The Balaban J connectivity index is 1.76. The van der Waals surface area contributed by atoms with Gasteiger partial charge >= 0.3 is 0 Å². The number of halogens is 1. The monoisotopic (exact) mass is 504 g/mol. The molecular formula is C26H21IN2O. The van der Waals surface area contributed by atoms with Gasteiger partial charge in [-0.1, -0.05) is 60.2 Å². The minimum Gasteiger partial charge on any atom is -0.360 e. The standard InChI is InChI=1S/C26H21IN2O/c1-16-10-12-20(17(2)14-16)25-28-23-13-11-19(27)15-22(23)26(30)29(25)24-9-5-7-18-6-3-4-8-21(18)24/h3-15,25,28H,1-2H3/t25-/m1/s1. The van der Waals surface area contributed by atoms with Gasteiger partial charge in [0.2, 0.25) is 0 Å². The molecule has 0 unspecified atom stereocenters. The van der Waals surface area contributed by atoms with Crippen molar-refractivity contribution in [3.8, 4) is 0 Å².